The number of rotatable bonds is 8. The molecule has 34 heavy (non-hydrogen) atoms. The summed E-state index contributed by atoms with van der Waals surface area (Å²) in [5.74, 6) is 0.528. The number of amides is 1. The lowest BCUT2D eigenvalue weighted by molar-refractivity contribution is -0.158. The number of alkyl halides is 2. The highest BCUT2D eigenvalue weighted by Crippen LogP contribution is 2.21. The predicted octanol–water partition coefficient (Wildman–Crippen LogP) is 3.01. The molecular weight excluding hydrogens is 468 g/mol. The number of nitrogens with zero attached hydrogens (tertiary/aromatic N) is 4. The highest BCUT2D eigenvalue weighted by molar-refractivity contribution is 7.91. The molecule has 1 aliphatic rings. The molecule has 0 aliphatic carbocycles. The van der Waals surface area contributed by atoms with Gasteiger partial charge in [0.15, 0.2) is 4.90 Å². The Morgan fingerprint density at radius 3 is 2.62 bits per heavy atom. The molecule has 1 aliphatic heterocycles. The molecule has 4 rings (SSSR count). The van der Waals surface area contributed by atoms with Crippen LogP contribution in [0.2, 0.25) is 0 Å². The minimum Gasteiger partial charge on any atom is -0.611 e. The summed E-state index contributed by atoms with van der Waals surface area (Å²) in [6.45, 7) is 3.70. The van der Waals surface area contributed by atoms with Gasteiger partial charge in [-0.3, -0.25) is 10.00 Å². The molecule has 1 saturated heterocycles. The van der Waals surface area contributed by atoms with Gasteiger partial charge in [0.25, 0.3) is 0 Å². The summed E-state index contributed by atoms with van der Waals surface area (Å²) in [6.07, 6.45) is -3.68. The van der Waals surface area contributed by atoms with E-state index >= 15 is 0 Å². The highest BCUT2D eigenvalue weighted by Gasteiger charge is 2.24. The van der Waals surface area contributed by atoms with E-state index in [1.165, 1.54) is 12.1 Å². The number of carbonyl (C=O) groups is 1. The van der Waals surface area contributed by atoms with Gasteiger partial charge in [-0.15, -0.1) is 5.10 Å². The highest BCUT2D eigenvalue weighted by atomic mass is 32.2. The number of nitrogens with one attached hydrogen (secondary N) is 1. The monoisotopic (exact) mass is 493 g/mol. The van der Waals surface area contributed by atoms with Gasteiger partial charge >= 0.3 is 12.2 Å². The van der Waals surface area contributed by atoms with Crippen molar-refractivity contribution in [3.63, 3.8) is 0 Å². The Labute approximate surface area is 198 Å². The largest absolute Gasteiger partial charge is 0.611 e. The number of hydrogen-bond acceptors (Lipinski definition) is 7. The minimum atomic E-state index is -3.25. The van der Waals surface area contributed by atoms with Crippen molar-refractivity contribution >= 4 is 28.3 Å². The lowest BCUT2D eigenvalue weighted by atomic mass is 10.2. The Bertz CT molecular complexity index is 1100. The van der Waals surface area contributed by atoms with Crippen LogP contribution >= 0.6 is 0 Å². The normalized spacial score (nSPS) is 15.9. The lowest BCUT2D eigenvalue weighted by Gasteiger charge is -2.33. The van der Waals surface area contributed by atoms with E-state index in [0.717, 1.165) is 15.9 Å². The first kappa shape index (κ1) is 24.2. The van der Waals surface area contributed by atoms with Crippen LogP contribution in [0.1, 0.15) is 12.5 Å². The zero-order valence-electron chi connectivity index (χ0n) is 18.6. The second kappa shape index (κ2) is 10.5. The van der Waals surface area contributed by atoms with Crippen LogP contribution in [0.4, 0.5) is 13.6 Å². The Kier molecular flexibility index (Phi) is 7.49. The van der Waals surface area contributed by atoms with Crippen molar-refractivity contribution in [1.29, 1.82) is 0 Å². The van der Waals surface area contributed by atoms with Crippen molar-refractivity contribution in [2.24, 2.45) is 0 Å². The number of aromatic amines is 1. The standard InChI is InChI=1S/C22H25F2N5O4S/c1-22(23,24)33-17-4-2-16(3-5-17)15-32-21(30)29-10-8-28(9-11-29)12-13-34(31)18-6-7-19-20(14-18)26-27-25-19/h2-7,14H,8-13,15H2,1H3,(H,25,26,27). The number of hydrogen-bond donors (Lipinski definition) is 1. The molecule has 12 heteroatoms. The van der Waals surface area contributed by atoms with Crippen LogP contribution in [0.15, 0.2) is 47.4 Å². The van der Waals surface area contributed by atoms with Crippen molar-refractivity contribution in [1.82, 2.24) is 25.2 Å². The smallest absolute Gasteiger partial charge is 0.410 e. The van der Waals surface area contributed by atoms with E-state index in [-0.39, 0.29) is 12.4 Å². The number of piperazine rings is 1. The van der Waals surface area contributed by atoms with Crippen molar-refractivity contribution < 1.29 is 27.6 Å². The van der Waals surface area contributed by atoms with Gasteiger partial charge in [-0.2, -0.15) is 8.78 Å². The lowest BCUT2D eigenvalue weighted by Crippen LogP contribution is -2.49. The van der Waals surface area contributed by atoms with Crippen molar-refractivity contribution in [2.45, 2.75) is 24.5 Å². The summed E-state index contributed by atoms with van der Waals surface area (Å²) >= 11 is -1.15. The number of aromatic nitrogens is 3. The van der Waals surface area contributed by atoms with Crippen LogP contribution in [-0.2, 0) is 22.5 Å². The van der Waals surface area contributed by atoms with E-state index in [1.54, 1.807) is 35.2 Å². The molecule has 1 N–H and O–H groups in total. The van der Waals surface area contributed by atoms with E-state index in [4.69, 9.17) is 4.74 Å². The molecular formula is C22H25F2N5O4S. The predicted molar refractivity (Wildman–Crippen MR) is 121 cm³/mol. The van der Waals surface area contributed by atoms with Gasteiger partial charge in [-0.1, -0.05) is 17.3 Å². The third kappa shape index (κ3) is 6.55. The zero-order valence-corrected chi connectivity index (χ0v) is 19.4. The van der Waals surface area contributed by atoms with Crippen LogP contribution in [0.5, 0.6) is 5.75 Å². The molecule has 1 atom stereocenters. The maximum Gasteiger partial charge on any atom is 0.410 e. The van der Waals surface area contributed by atoms with Gasteiger partial charge in [-0.05, 0) is 41.0 Å². The summed E-state index contributed by atoms with van der Waals surface area (Å²) in [7, 11) is 0. The van der Waals surface area contributed by atoms with Crippen LogP contribution in [0.25, 0.3) is 11.0 Å². The molecule has 9 nitrogen and oxygen atoms in total. The van der Waals surface area contributed by atoms with Crippen LogP contribution < -0.4 is 4.74 Å². The fraction of sp³-hybridized carbons (Fsp3) is 0.409. The van der Waals surface area contributed by atoms with Crippen molar-refractivity contribution in [2.75, 3.05) is 38.5 Å². The van der Waals surface area contributed by atoms with E-state index in [0.29, 0.717) is 51.0 Å². The number of halogens is 2. The van der Waals surface area contributed by atoms with Gasteiger partial charge in [0.2, 0.25) is 0 Å². The van der Waals surface area contributed by atoms with Crippen LogP contribution in [0.3, 0.4) is 0 Å². The van der Waals surface area contributed by atoms with E-state index in [9.17, 15) is 18.1 Å². The quantitative estimate of drug-likeness (QED) is 0.481. The van der Waals surface area contributed by atoms with Gasteiger partial charge in [0.05, 0.1) is 5.52 Å². The molecule has 1 unspecified atom stereocenters. The average molecular weight is 494 g/mol. The van der Waals surface area contributed by atoms with Crippen LogP contribution in [0, 0.1) is 0 Å². The first-order valence-electron chi connectivity index (χ1n) is 10.8. The van der Waals surface area contributed by atoms with Gasteiger partial charge in [0, 0.05) is 45.7 Å². The van der Waals surface area contributed by atoms with E-state index in [1.807, 2.05) is 0 Å². The average Bonchev–Trinajstić information content (AvgIpc) is 3.29. The summed E-state index contributed by atoms with van der Waals surface area (Å²) in [4.78, 5) is 16.9. The van der Waals surface area contributed by atoms with Crippen LogP contribution in [-0.4, -0.2) is 80.4 Å². The summed E-state index contributed by atoms with van der Waals surface area (Å²) in [5, 5.41) is 10.4. The van der Waals surface area contributed by atoms with Gasteiger partial charge in [-0.25, -0.2) is 4.79 Å². The molecule has 1 aromatic heterocycles. The Balaban J connectivity index is 1.17. The molecule has 0 radical (unpaired) electrons. The van der Waals surface area contributed by atoms with Gasteiger partial charge < -0.3 is 18.9 Å². The van der Waals surface area contributed by atoms with Gasteiger partial charge in [0.1, 0.15) is 23.6 Å². The second-order valence-electron chi connectivity index (χ2n) is 7.98. The fourth-order valence-electron chi connectivity index (χ4n) is 3.55. The topological polar surface area (TPSA) is 107 Å². The van der Waals surface area contributed by atoms with Crippen molar-refractivity contribution in [3.05, 3.63) is 48.0 Å². The third-order valence-corrected chi connectivity index (χ3v) is 6.70. The molecule has 0 saturated carbocycles. The van der Waals surface area contributed by atoms with E-state index < -0.39 is 23.4 Å². The summed E-state index contributed by atoms with van der Waals surface area (Å²) < 4.78 is 48.2. The number of carbonyl (C=O) groups excluding carboxylic acids is 1. The summed E-state index contributed by atoms with van der Waals surface area (Å²) in [5.41, 5.74) is 2.16. The SMILES string of the molecule is CC(F)(F)Oc1ccc(COC(=O)N2CCN(CC[S+]([O-])c3ccc4nn[nH]c4c3)CC2)cc1. The molecule has 1 amide bonds. The first-order valence-corrected chi connectivity index (χ1v) is 12.1. The maximum absolute atomic E-state index is 12.9. The molecule has 1 fully saturated rings. The fourth-order valence-corrected chi connectivity index (χ4v) is 4.68. The Hall–Kier alpha value is -2.96. The van der Waals surface area contributed by atoms with E-state index in [2.05, 4.69) is 25.0 Å². The zero-order chi connectivity index (χ0) is 24.1. The molecule has 0 bridgehead atoms. The number of fused-ring (bicyclic) bond motifs is 1. The number of benzene rings is 2. The maximum atomic E-state index is 12.9. The number of ether oxygens (including phenoxy) is 2. The molecule has 182 valence electrons. The minimum absolute atomic E-state index is 0.0387. The molecule has 2 heterocycles. The summed E-state index contributed by atoms with van der Waals surface area (Å²) in [6, 6.07) is 11.4. The van der Waals surface area contributed by atoms with Crippen molar-refractivity contribution in [3.8, 4) is 5.75 Å². The Morgan fingerprint density at radius 2 is 1.91 bits per heavy atom. The number of H-pyrrole nitrogens is 1. The second-order valence-corrected chi connectivity index (χ2v) is 9.55. The molecule has 2 aromatic carbocycles. The molecule has 0 spiro atoms. The Morgan fingerprint density at radius 1 is 1.18 bits per heavy atom. The molecule has 3 aromatic rings. The third-order valence-electron chi connectivity index (χ3n) is 5.37. The first-order chi connectivity index (χ1) is 16.3.